The van der Waals surface area contributed by atoms with Crippen LogP contribution in [0.4, 0.5) is 0 Å². The zero-order valence-corrected chi connectivity index (χ0v) is 31.4. The molecule has 51 heavy (non-hydrogen) atoms. The van der Waals surface area contributed by atoms with Crippen LogP contribution in [0.3, 0.4) is 0 Å². The fraction of sp³-hybridized carbons (Fsp3) is 0.707. The Morgan fingerprint density at radius 1 is 0.863 bits per heavy atom. The largest absolute Gasteiger partial charge is 0.497 e. The first-order valence-electron chi connectivity index (χ1n) is 19.0. The van der Waals surface area contributed by atoms with Crippen LogP contribution >= 0.6 is 0 Å². The molecule has 3 fully saturated rings. The molecule has 0 unspecified atom stereocenters. The molecule has 0 bridgehead atoms. The highest BCUT2D eigenvalue weighted by molar-refractivity contribution is 5.99. The third-order valence-electron chi connectivity index (χ3n) is 12.3. The number of hydrogen-bond acceptors (Lipinski definition) is 10. The van der Waals surface area contributed by atoms with Gasteiger partial charge >= 0.3 is 5.97 Å². The molecular weight excluding hydrogens is 652 g/mol. The van der Waals surface area contributed by atoms with E-state index < -0.39 is 12.4 Å². The third kappa shape index (κ3) is 8.16. The van der Waals surface area contributed by atoms with E-state index in [1.54, 1.807) is 28.4 Å². The molecule has 6 rings (SSSR count). The van der Waals surface area contributed by atoms with Gasteiger partial charge in [0.2, 0.25) is 0 Å². The molecule has 3 aliphatic carbocycles. The monoisotopic (exact) mass is 710 g/mol. The highest BCUT2D eigenvalue weighted by Crippen LogP contribution is 2.54. The average Bonchev–Trinajstić information content (AvgIpc) is 3.72. The number of rotatable bonds is 10. The number of ether oxygens (including phenoxy) is 8. The van der Waals surface area contributed by atoms with Gasteiger partial charge in [0.15, 0.2) is 12.1 Å². The molecule has 0 spiro atoms. The fourth-order valence-corrected chi connectivity index (χ4v) is 9.45. The second kappa shape index (κ2) is 17.0. The van der Waals surface area contributed by atoms with E-state index in [1.807, 2.05) is 38.1 Å². The predicted octanol–water partition coefficient (Wildman–Crippen LogP) is 6.24. The van der Waals surface area contributed by atoms with Crippen LogP contribution in [-0.2, 0) is 49.4 Å². The number of fused-ring (bicyclic) bond motifs is 5. The number of carbonyl (C=O) groups is 2. The van der Waals surface area contributed by atoms with Gasteiger partial charge in [-0.15, -0.1) is 0 Å². The summed E-state index contributed by atoms with van der Waals surface area (Å²) < 4.78 is 48.2. The lowest BCUT2D eigenvalue weighted by molar-refractivity contribution is -0.314. The van der Waals surface area contributed by atoms with Crippen molar-refractivity contribution in [1.82, 2.24) is 0 Å². The van der Waals surface area contributed by atoms with Crippen LogP contribution in [0.25, 0.3) is 0 Å². The normalized spacial score (nSPS) is 39.9. The van der Waals surface area contributed by atoms with Crippen molar-refractivity contribution in [3.05, 3.63) is 53.6 Å². The van der Waals surface area contributed by atoms with E-state index in [1.165, 1.54) is 0 Å². The second-order valence-corrected chi connectivity index (χ2v) is 15.1. The summed E-state index contributed by atoms with van der Waals surface area (Å²) in [6.07, 6.45) is 9.33. The zero-order chi connectivity index (χ0) is 36.2. The van der Waals surface area contributed by atoms with Gasteiger partial charge in [0.05, 0.1) is 38.4 Å². The lowest BCUT2D eigenvalue weighted by atomic mass is 9.70. The Morgan fingerprint density at radius 2 is 1.61 bits per heavy atom. The maximum Gasteiger partial charge on any atom is 0.306 e. The van der Waals surface area contributed by atoms with Gasteiger partial charge in [-0.2, -0.15) is 0 Å². The molecule has 1 saturated carbocycles. The van der Waals surface area contributed by atoms with Crippen molar-refractivity contribution in [1.29, 1.82) is 0 Å². The molecule has 282 valence electrons. The molecular formula is C41H58O10. The lowest BCUT2D eigenvalue weighted by Gasteiger charge is -2.44. The number of benzene rings is 1. The maximum absolute atomic E-state index is 14.5. The lowest BCUT2D eigenvalue weighted by Crippen LogP contribution is -2.59. The molecule has 2 aliphatic heterocycles. The minimum absolute atomic E-state index is 0.0448. The van der Waals surface area contributed by atoms with Crippen molar-refractivity contribution in [2.24, 2.45) is 35.5 Å². The van der Waals surface area contributed by atoms with Crippen molar-refractivity contribution in [2.75, 3.05) is 28.4 Å². The van der Waals surface area contributed by atoms with Crippen molar-refractivity contribution in [3.63, 3.8) is 0 Å². The quantitative estimate of drug-likeness (QED) is 0.205. The summed E-state index contributed by atoms with van der Waals surface area (Å²) in [7, 11) is 6.61. The average molecular weight is 711 g/mol. The van der Waals surface area contributed by atoms with Crippen LogP contribution in [0.2, 0.25) is 0 Å². The van der Waals surface area contributed by atoms with Gasteiger partial charge in [-0.25, -0.2) is 0 Å². The van der Waals surface area contributed by atoms with Gasteiger partial charge in [0, 0.05) is 33.2 Å². The first-order chi connectivity index (χ1) is 24.7. The molecule has 2 saturated heterocycles. The summed E-state index contributed by atoms with van der Waals surface area (Å²) in [5.41, 5.74) is 1.79. The topological polar surface area (TPSA) is 108 Å². The highest BCUT2D eigenvalue weighted by Gasteiger charge is 2.52. The number of esters is 1. The molecule has 0 aromatic heterocycles. The van der Waals surface area contributed by atoms with Crippen LogP contribution in [0.1, 0.15) is 71.3 Å². The Balaban J connectivity index is 1.21. The Labute approximate surface area is 303 Å². The minimum atomic E-state index is -0.596. The summed E-state index contributed by atoms with van der Waals surface area (Å²) in [4.78, 5) is 28.0. The summed E-state index contributed by atoms with van der Waals surface area (Å²) in [6, 6.07) is 7.85. The van der Waals surface area contributed by atoms with E-state index >= 15 is 0 Å². The summed E-state index contributed by atoms with van der Waals surface area (Å²) >= 11 is 0. The van der Waals surface area contributed by atoms with E-state index in [0.717, 1.165) is 49.0 Å². The first-order valence-corrected chi connectivity index (χ1v) is 19.0. The van der Waals surface area contributed by atoms with Crippen LogP contribution in [0, 0.1) is 35.5 Å². The van der Waals surface area contributed by atoms with E-state index in [4.69, 9.17) is 37.9 Å². The van der Waals surface area contributed by atoms with Gasteiger partial charge < -0.3 is 37.9 Å². The van der Waals surface area contributed by atoms with E-state index in [2.05, 4.69) is 25.2 Å². The zero-order valence-electron chi connectivity index (χ0n) is 31.4. The highest BCUT2D eigenvalue weighted by atomic mass is 16.7. The molecule has 0 radical (unpaired) electrons. The van der Waals surface area contributed by atoms with Crippen LogP contribution in [-0.4, -0.2) is 89.2 Å². The summed E-state index contributed by atoms with van der Waals surface area (Å²) in [5, 5.41) is 0. The number of allylic oxidation sites excluding steroid dienone is 4. The molecule has 1 aromatic rings. The van der Waals surface area contributed by atoms with Gasteiger partial charge in [0.1, 0.15) is 30.2 Å². The smallest absolute Gasteiger partial charge is 0.306 e. The molecule has 0 amide bonds. The number of ketones is 1. The second-order valence-electron chi connectivity index (χ2n) is 15.1. The van der Waals surface area contributed by atoms with E-state index in [9.17, 15) is 9.59 Å². The Kier molecular flexibility index (Phi) is 12.7. The fourth-order valence-electron chi connectivity index (χ4n) is 9.45. The number of Topliss-reactive ketones (excluding diaryl/α,β-unsaturated/α-hetero) is 1. The van der Waals surface area contributed by atoms with Gasteiger partial charge in [-0.05, 0) is 92.4 Å². The number of methoxy groups -OCH3 is 4. The summed E-state index contributed by atoms with van der Waals surface area (Å²) in [6.45, 7) is 6.44. The number of carbonyl (C=O) groups excluding carboxylic acids is 2. The molecule has 2 heterocycles. The molecule has 1 aromatic carbocycles. The van der Waals surface area contributed by atoms with Gasteiger partial charge in [-0.1, -0.05) is 44.2 Å². The molecule has 5 aliphatic rings. The van der Waals surface area contributed by atoms with Crippen molar-refractivity contribution >= 4 is 11.8 Å². The molecule has 14 atom stereocenters. The minimum Gasteiger partial charge on any atom is -0.497 e. The van der Waals surface area contributed by atoms with Crippen molar-refractivity contribution < 1.29 is 47.5 Å². The van der Waals surface area contributed by atoms with Crippen molar-refractivity contribution in [3.8, 4) is 5.75 Å². The predicted molar refractivity (Wildman–Crippen MR) is 190 cm³/mol. The Bertz CT molecular complexity index is 1390. The van der Waals surface area contributed by atoms with Crippen LogP contribution < -0.4 is 4.74 Å². The SMILES string of the molecule is CC[C@H]1CCC[C@H](OCc2ccc(OC)cc2)[C@@H](C)C(=O)C2=C[C@@H]3[C@@H](C=C[C@@H]4C[C@@H](O[C@@H]5O[C@@H](C)[C@H](OC)[C@@H](OC)[C@H]5OC)C[C@@H]34)[C@@H]2CC(=O)O1. The summed E-state index contributed by atoms with van der Waals surface area (Å²) in [5.74, 6) is 0.809. The standard InChI is InChI=1S/C41H58O10/c1-8-27-10-9-11-35(48-22-25-12-15-28(44-4)16-13-25)23(2)37(43)34-20-32-30(33(34)21-36(42)50-27)17-14-26-18-29(19-31(26)32)51-41-40(47-7)39(46-6)38(45-5)24(3)49-41/h12-17,20,23-24,26-27,29-33,35,38-41H,8-11,18-19,21-22H2,1-7H3/t23-,24+,26-,27+,29-,30-,31-,32-,33+,35+,38+,39-,40-,41+/m1/s1. The van der Waals surface area contributed by atoms with Crippen molar-refractivity contribution in [2.45, 2.75) is 121 Å². The van der Waals surface area contributed by atoms with Crippen LogP contribution in [0.15, 0.2) is 48.1 Å². The Morgan fingerprint density at radius 3 is 2.29 bits per heavy atom. The Hall–Kier alpha value is -2.60. The first kappa shape index (κ1) is 38.1. The molecule has 10 nitrogen and oxygen atoms in total. The maximum atomic E-state index is 14.5. The number of hydrogen-bond donors (Lipinski definition) is 0. The van der Waals surface area contributed by atoms with Crippen LogP contribution in [0.5, 0.6) is 5.75 Å². The van der Waals surface area contributed by atoms with E-state index in [-0.39, 0.29) is 84.4 Å². The van der Waals surface area contributed by atoms with Gasteiger partial charge in [0.25, 0.3) is 0 Å². The van der Waals surface area contributed by atoms with Gasteiger partial charge in [-0.3, -0.25) is 9.59 Å². The number of cyclic esters (lactones) is 1. The van der Waals surface area contributed by atoms with E-state index in [0.29, 0.717) is 18.9 Å². The molecule has 0 N–H and O–H groups in total. The molecule has 10 heteroatoms. The third-order valence-corrected chi connectivity index (χ3v) is 12.3.